The van der Waals surface area contributed by atoms with Crippen LogP contribution in [-0.2, 0) is 0 Å². The summed E-state index contributed by atoms with van der Waals surface area (Å²) in [7, 11) is 4.33. The van der Waals surface area contributed by atoms with E-state index in [0.717, 1.165) is 19.0 Å². The van der Waals surface area contributed by atoms with Crippen molar-refractivity contribution >= 4 is 0 Å². The molecule has 1 rings (SSSR count). The molecule has 1 atom stereocenters. The fourth-order valence-electron chi connectivity index (χ4n) is 2.56. The van der Waals surface area contributed by atoms with Crippen LogP contribution in [0.25, 0.3) is 0 Å². The Morgan fingerprint density at radius 3 is 2.39 bits per heavy atom. The number of nitriles is 1. The topological polar surface area (TPSA) is 42.3 Å². The van der Waals surface area contributed by atoms with Crippen molar-refractivity contribution in [3.8, 4) is 6.07 Å². The van der Waals surface area contributed by atoms with Crippen molar-refractivity contribution in [1.29, 1.82) is 5.26 Å². The summed E-state index contributed by atoms with van der Waals surface area (Å²) in [5, 5.41) is 12.4. The highest BCUT2D eigenvalue weighted by molar-refractivity contribution is 4.91. The summed E-state index contributed by atoms with van der Waals surface area (Å²) in [4.78, 5) is 4.82. The zero-order chi connectivity index (χ0) is 13.5. The van der Waals surface area contributed by atoms with E-state index in [-0.39, 0.29) is 6.04 Å². The number of nitrogens with zero attached hydrogens (tertiary/aromatic N) is 3. The third-order valence-electron chi connectivity index (χ3n) is 3.71. The van der Waals surface area contributed by atoms with Gasteiger partial charge in [0.2, 0.25) is 0 Å². The zero-order valence-corrected chi connectivity index (χ0v) is 12.3. The van der Waals surface area contributed by atoms with Crippen molar-refractivity contribution in [3.05, 3.63) is 0 Å². The molecule has 1 unspecified atom stereocenters. The van der Waals surface area contributed by atoms with E-state index < -0.39 is 0 Å². The lowest BCUT2D eigenvalue weighted by molar-refractivity contribution is 0.142. The molecule has 0 aromatic rings. The van der Waals surface area contributed by atoms with Crippen molar-refractivity contribution in [2.75, 3.05) is 33.7 Å². The minimum absolute atomic E-state index is 0.00317. The van der Waals surface area contributed by atoms with Crippen LogP contribution in [-0.4, -0.2) is 61.7 Å². The molecule has 4 nitrogen and oxygen atoms in total. The molecular weight excluding hydrogens is 224 g/mol. The Kier molecular flexibility index (Phi) is 6.62. The molecule has 4 heteroatoms. The summed E-state index contributed by atoms with van der Waals surface area (Å²) in [6.07, 6.45) is 3.44. The fourth-order valence-corrected chi connectivity index (χ4v) is 2.56. The molecular formula is C14H28N4. The third-order valence-corrected chi connectivity index (χ3v) is 3.71. The van der Waals surface area contributed by atoms with Crippen LogP contribution in [0.2, 0.25) is 0 Å². The summed E-state index contributed by atoms with van der Waals surface area (Å²) in [5.74, 6) is 0. The predicted molar refractivity (Wildman–Crippen MR) is 75.4 cm³/mol. The average Bonchev–Trinajstić information content (AvgIpc) is 2.34. The van der Waals surface area contributed by atoms with Crippen LogP contribution in [0.4, 0.5) is 0 Å². The maximum absolute atomic E-state index is 9.08. The van der Waals surface area contributed by atoms with Crippen LogP contribution in [0, 0.1) is 11.3 Å². The fraction of sp³-hybridized carbons (Fsp3) is 0.929. The van der Waals surface area contributed by atoms with Gasteiger partial charge in [-0.1, -0.05) is 0 Å². The van der Waals surface area contributed by atoms with Gasteiger partial charge in [0.25, 0.3) is 0 Å². The molecule has 0 radical (unpaired) electrons. The van der Waals surface area contributed by atoms with Crippen LogP contribution in [0.15, 0.2) is 0 Å². The molecule has 104 valence electrons. The van der Waals surface area contributed by atoms with Gasteiger partial charge in [0.1, 0.15) is 0 Å². The second-order valence-corrected chi connectivity index (χ2v) is 5.83. The lowest BCUT2D eigenvalue weighted by Gasteiger charge is -2.35. The van der Waals surface area contributed by atoms with Gasteiger partial charge in [-0.05, 0) is 60.3 Å². The van der Waals surface area contributed by atoms with Gasteiger partial charge < -0.3 is 9.80 Å². The largest absolute Gasteiger partial charge is 0.306 e. The summed E-state index contributed by atoms with van der Waals surface area (Å²) in [6, 6.07) is 3.47. The molecule has 1 fully saturated rings. The van der Waals surface area contributed by atoms with E-state index >= 15 is 0 Å². The molecule has 0 saturated carbocycles. The van der Waals surface area contributed by atoms with E-state index in [1.54, 1.807) is 0 Å². The van der Waals surface area contributed by atoms with E-state index in [1.165, 1.54) is 25.9 Å². The van der Waals surface area contributed by atoms with Crippen molar-refractivity contribution in [2.24, 2.45) is 0 Å². The van der Waals surface area contributed by atoms with E-state index in [9.17, 15) is 0 Å². The first-order valence-corrected chi connectivity index (χ1v) is 7.07. The minimum Gasteiger partial charge on any atom is -0.306 e. The SMILES string of the molecule is CC(C)NC(C#N)CCN1CCC(N(C)C)CC1. The highest BCUT2D eigenvalue weighted by Crippen LogP contribution is 2.14. The number of piperidine rings is 1. The first-order chi connectivity index (χ1) is 8.52. The van der Waals surface area contributed by atoms with E-state index in [2.05, 4.69) is 49.1 Å². The van der Waals surface area contributed by atoms with Gasteiger partial charge in [-0.3, -0.25) is 5.32 Å². The Morgan fingerprint density at radius 2 is 1.94 bits per heavy atom. The molecule has 1 aliphatic heterocycles. The van der Waals surface area contributed by atoms with Crippen LogP contribution < -0.4 is 5.32 Å². The molecule has 0 aromatic carbocycles. The van der Waals surface area contributed by atoms with Gasteiger partial charge in [-0.15, -0.1) is 0 Å². The van der Waals surface area contributed by atoms with Gasteiger partial charge in [0, 0.05) is 18.6 Å². The van der Waals surface area contributed by atoms with E-state index in [4.69, 9.17) is 5.26 Å². The van der Waals surface area contributed by atoms with Crippen molar-refractivity contribution in [1.82, 2.24) is 15.1 Å². The summed E-state index contributed by atoms with van der Waals surface area (Å²) in [6.45, 7) is 7.56. The Morgan fingerprint density at radius 1 is 1.33 bits per heavy atom. The van der Waals surface area contributed by atoms with Crippen molar-refractivity contribution in [2.45, 2.75) is 51.2 Å². The van der Waals surface area contributed by atoms with Gasteiger partial charge in [-0.25, -0.2) is 0 Å². The number of likely N-dealkylation sites (tertiary alicyclic amines) is 1. The molecule has 1 aliphatic rings. The zero-order valence-electron chi connectivity index (χ0n) is 12.3. The Hall–Kier alpha value is -0.630. The lowest BCUT2D eigenvalue weighted by Crippen LogP contribution is -2.44. The molecule has 0 spiro atoms. The second kappa shape index (κ2) is 7.73. The molecule has 0 aromatic heterocycles. The Balaban J connectivity index is 2.23. The summed E-state index contributed by atoms with van der Waals surface area (Å²) in [5.41, 5.74) is 0. The van der Waals surface area contributed by atoms with Gasteiger partial charge in [-0.2, -0.15) is 5.26 Å². The normalized spacial score (nSPS) is 20.3. The predicted octanol–water partition coefficient (Wildman–Crippen LogP) is 1.29. The van der Waals surface area contributed by atoms with Crippen molar-refractivity contribution in [3.63, 3.8) is 0 Å². The molecule has 18 heavy (non-hydrogen) atoms. The molecule has 0 amide bonds. The van der Waals surface area contributed by atoms with Gasteiger partial charge >= 0.3 is 0 Å². The Bertz CT molecular complexity index is 261. The summed E-state index contributed by atoms with van der Waals surface area (Å²) >= 11 is 0. The Labute approximate surface area is 112 Å². The molecule has 1 saturated heterocycles. The van der Waals surface area contributed by atoms with Gasteiger partial charge in [0.05, 0.1) is 12.1 Å². The maximum Gasteiger partial charge on any atom is 0.0967 e. The maximum atomic E-state index is 9.08. The molecule has 1 N–H and O–H groups in total. The standard InChI is InChI=1S/C14H28N4/c1-12(2)16-13(11-15)5-8-18-9-6-14(7-10-18)17(3)4/h12-14,16H,5-10H2,1-4H3. The van der Waals surface area contributed by atoms with Crippen LogP contribution in [0.3, 0.4) is 0 Å². The second-order valence-electron chi connectivity index (χ2n) is 5.83. The quantitative estimate of drug-likeness (QED) is 0.773. The van der Waals surface area contributed by atoms with E-state index in [1.807, 2.05) is 0 Å². The van der Waals surface area contributed by atoms with Crippen LogP contribution >= 0.6 is 0 Å². The molecule has 0 bridgehead atoms. The van der Waals surface area contributed by atoms with Gasteiger partial charge in [0.15, 0.2) is 0 Å². The monoisotopic (exact) mass is 252 g/mol. The minimum atomic E-state index is -0.00317. The highest BCUT2D eigenvalue weighted by Gasteiger charge is 2.21. The number of nitrogens with one attached hydrogen (secondary N) is 1. The van der Waals surface area contributed by atoms with Crippen LogP contribution in [0.1, 0.15) is 33.1 Å². The first-order valence-electron chi connectivity index (χ1n) is 7.07. The van der Waals surface area contributed by atoms with Crippen LogP contribution in [0.5, 0.6) is 0 Å². The highest BCUT2D eigenvalue weighted by atomic mass is 15.2. The molecule has 1 heterocycles. The first kappa shape index (κ1) is 15.4. The van der Waals surface area contributed by atoms with Crippen molar-refractivity contribution < 1.29 is 0 Å². The average molecular weight is 252 g/mol. The third kappa shape index (κ3) is 5.34. The number of hydrogen-bond donors (Lipinski definition) is 1. The van der Waals surface area contributed by atoms with E-state index in [0.29, 0.717) is 6.04 Å². The number of rotatable bonds is 6. The lowest BCUT2D eigenvalue weighted by atomic mass is 10.0. The smallest absolute Gasteiger partial charge is 0.0967 e. The molecule has 0 aliphatic carbocycles. The number of hydrogen-bond acceptors (Lipinski definition) is 4. The summed E-state index contributed by atoms with van der Waals surface area (Å²) < 4.78 is 0.